The van der Waals surface area contributed by atoms with Crippen LogP contribution in [0.1, 0.15) is 39.4 Å². The van der Waals surface area contributed by atoms with Crippen LogP contribution in [0.15, 0.2) is 36.5 Å². The predicted molar refractivity (Wildman–Crippen MR) is 104 cm³/mol. The lowest BCUT2D eigenvalue weighted by atomic mass is 9.88. The Bertz CT molecular complexity index is 838. The van der Waals surface area contributed by atoms with Gasteiger partial charge in [-0.3, -0.25) is 9.87 Å². The molecule has 0 amide bonds. The standard InChI is InChI=1S/C20H27NO3Si/c1-20(2,3)12-16-11-17(21-13-18(16)25(4,5)6)14-7-9-15(10-8-14)19(22)24-23/h7-11,13,23H,12H2,1-6H3/i12D2. The Kier molecular flexibility index (Phi) is 4.68. The second-order valence-electron chi connectivity index (χ2n) is 8.20. The van der Waals surface area contributed by atoms with Crippen molar-refractivity contribution in [3.05, 3.63) is 47.7 Å². The molecule has 25 heavy (non-hydrogen) atoms. The van der Waals surface area contributed by atoms with Crippen molar-refractivity contribution in [3.63, 3.8) is 0 Å². The quantitative estimate of drug-likeness (QED) is 0.495. The first-order valence-corrected chi connectivity index (χ1v) is 11.8. The molecule has 0 unspecified atom stereocenters. The van der Waals surface area contributed by atoms with Crippen molar-refractivity contribution in [2.24, 2.45) is 5.41 Å². The van der Waals surface area contributed by atoms with E-state index < -0.39 is 25.8 Å². The second-order valence-corrected chi connectivity index (χ2v) is 13.2. The van der Waals surface area contributed by atoms with Gasteiger partial charge >= 0.3 is 5.97 Å². The molecule has 0 aliphatic carbocycles. The minimum atomic E-state index is -1.81. The fourth-order valence-corrected chi connectivity index (χ4v) is 3.94. The lowest BCUT2D eigenvalue weighted by Gasteiger charge is -2.26. The molecule has 0 radical (unpaired) electrons. The Morgan fingerprint density at radius 3 is 2.32 bits per heavy atom. The molecular weight excluding hydrogens is 330 g/mol. The molecular formula is C20H27NO3Si. The number of pyridine rings is 1. The molecule has 1 aromatic heterocycles. The fraction of sp³-hybridized carbons (Fsp3) is 0.400. The van der Waals surface area contributed by atoms with Gasteiger partial charge in [0, 0.05) is 14.5 Å². The number of rotatable bonds is 4. The van der Waals surface area contributed by atoms with Crippen LogP contribution in [0.4, 0.5) is 0 Å². The zero-order chi connectivity index (χ0) is 20.6. The van der Waals surface area contributed by atoms with Crippen molar-refractivity contribution in [3.8, 4) is 11.3 Å². The van der Waals surface area contributed by atoms with E-state index >= 15 is 0 Å². The maximum atomic E-state index is 11.4. The third-order valence-electron chi connectivity index (χ3n) is 3.72. The number of benzene rings is 1. The van der Waals surface area contributed by atoms with Gasteiger partial charge in [-0.2, -0.15) is 5.26 Å². The third kappa shape index (κ3) is 5.00. The van der Waals surface area contributed by atoms with Gasteiger partial charge in [0.2, 0.25) is 0 Å². The van der Waals surface area contributed by atoms with Crippen LogP contribution in [-0.4, -0.2) is 24.3 Å². The fourth-order valence-electron chi connectivity index (χ4n) is 2.55. The Morgan fingerprint density at radius 1 is 1.24 bits per heavy atom. The highest BCUT2D eigenvalue weighted by molar-refractivity contribution is 6.89. The Balaban J connectivity index is 2.61. The zero-order valence-corrected chi connectivity index (χ0v) is 16.7. The summed E-state index contributed by atoms with van der Waals surface area (Å²) in [7, 11) is -1.81. The summed E-state index contributed by atoms with van der Waals surface area (Å²) < 4.78 is 17.6. The van der Waals surface area contributed by atoms with Crippen LogP contribution in [0.5, 0.6) is 0 Å². The van der Waals surface area contributed by atoms with Crippen LogP contribution in [0.2, 0.25) is 19.6 Å². The van der Waals surface area contributed by atoms with Crippen LogP contribution in [0.25, 0.3) is 11.3 Å². The van der Waals surface area contributed by atoms with E-state index in [2.05, 4.69) is 29.5 Å². The number of carbonyl (C=O) groups is 1. The van der Waals surface area contributed by atoms with Gasteiger partial charge in [-0.05, 0) is 40.7 Å². The molecule has 0 aliphatic heterocycles. The normalized spacial score (nSPS) is 13.9. The summed E-state index contributed by atoms with van der Waals surface area (Å²) in [4.78, 5) is 19.7. The number of hydrogen-bond donors (Lipinski definition) is 1. The first-order chi connectivity index (χ1) is 12.3. The van der Waals surface area contributed by atoms with E-state index in [1.807, 2.05) is 26.8 Å². The van der Waals surface area contributed by atoms with Gasteiger partial charge in [0.15, 0.2) is 0 Å². The van der Waals surface area contributed by atoms with Crippen molar-refractivity contribution in [1.29, 1.82) is 0 Å². The number of carbonyl (C=O) groups excluding carboxylic acids is 1. The molecule has 0 bridgehead atoms. The molecule has 1 N–H and O–H groups in total. The van der Waals surface area contributed by atoms with Crippen LogP contribution in [0.3, 0.4) is 0 Å². The average Bonchev–Trinajstić information content (AvgIpc) is 2.59. The molecule has 0 atom stereocenters. The van der Waals surface area contributed by atoms with Gasteiger partial charge in [-0.1, -0.05) is 52.5 Å². The summed E-state index contributed by atoms with van der Waals surface area (Å²) in [5.74, 6) is -0.826. The van der Waals surface area contributed by atoms with E-state index in [1.165, 1.54) is 0 Å². The van der Waals surface area contributed by atoms with E-state index in [9.17, 15) is 4.79 Å². The molecule has 0 aliphatic rings. The molecule has 0 fully saturated rings. The second kappa shape index (κ2) is 7.10. The van der Waals surface area contributed by atoms with E-state index in [4.69, 9.17) is 8.00 Å². The lowest BCUT2D eigenvalue weighted by molar-refractivity contribution is -0.182. The number of nitrogens with zero attached hydrogens (tertiary/aromatic N) is 1. The minimum Gasteiger partial charge on any atom is -0.296 e. The van der Waals surface area contributed by atoms with Gasteiger partial charge in [-0.15, -0.1) is 0 Å². The van der Waals surface area contributed by atoms with E-state index in [0.29, 0.717) is 11.3 Å². The summed E-state index contributed by atoms with van der Waals surface area (Å²) in [5, 5.41) is 9.49. The van der Waals surface area contributed by atoms with Crippen molar-refractivity contribution in [1.82, 2.24) is 4.98 Å². The molecule has 5 heteroatoms. The Morgan fingerprint density at radius 2 is 1.84 bits per heavy atom. The largest absolute Gasteiger partial charge is 0.372 e. The molecule has 1 aromatic carbocycles. The third-order valence-corrected chi connectivity index (χ3v) is 5.74. The highest BCUT2D eigenvalue weighted by Gasteiger charge is 2.24. The van der Waals surface area contributed by atoms with Gasteiger partial charge in [0.1, 0.15) is 0 Å². The molecule has 134 valence electrons. The Labute approximate surface area is 153 Å². The summed E-state index contributed by atoms with van der Waals surface area (Å²) in [6, 6.07) is 8.33. The van der Waals surface area contributed by atoms with Crippen LogP contribution in [0, 0.1) is 5.41 Å². The maximum absolute atomic E-state index is 11.4. The van der Waals surface area contributed by atoms with E-state index in [-0.39, 0.29) is 5.56 Å². The first-order valence-electron chi connectivity index (χ1n) is 9.26. The van der Waals surface area contributed by atoms with Gasteiger partial charge in [0.25, 0.3) is 0 Å². The molecule has 0 saturated heterocycles. The molecule has 2 rings (SSSR count). The smallest absolute Gasteiger partial charge is 0.296 e. The topological polar surface area (TPSA) is 59.4 Å². The van der Waals surface area contributed by atoms with E-state index in [1.54, 1.807) is 30.5 Å². The van der Waals surface area contributed by atoms with Crippen LogP contribution < -0.4 is 5.19 Å². The summed E-state index contributed by atoms with van der Waals surface area (Å²) in [5.41, 5.74) is 1.74. The minimum absolute atomic E-state index is 0.227. The maximum Gasteiger partial charge on any atom is 0.372 e. The van der Waals surface area contributed by atoms with Crippen molar-refractivity contribution in [2.75, 3.05) is 0 Å². The van der Waals surface area contributed by atoms with Crippen LogP contribution in [-0.2, 0) is 11.3 Å². The van der Waals surface area contributed by atoms with Gasteiger partial charge < -0.3 is 0 Å². The van der Waals surface area contributed by atoms with Crippen molar-refractivity contribution < 1.29 is 17.7 Å². The summed E-state index contributed by atoms with van der Waals surface area (Å²) >= 11 is 0. The lowest BCUT2D eigenvalue weighted by Crippen LogP contribution is -2.41. The Hall–Kier alpha value is -1.98. The molecule has 2 aromatic rings. The molecule has 1 heterocycles. The van der Waals surface area contributed by atoms with Crippen molar-refractivity contribution in [2.45, 2.75) is 46.8 Å². The SMILES string of the molecule is [2H]C([2H])(c1cc(-c2ccc(C(=O)OO)cc2)ncc1[Si](C)(C)C)C(C)(C)C. The highest BCUT2D eigenvalue weighted by Crippen LogP contribution is 2.25. The summed E-state index contributed by atoms with van der Waals surface area (Å²) in [6.45, 7) is 12.2. The molecule has 0 saturated carbocycles. The number of hydrogen-bond acceptors (Lipinski definition) is 4. The highest BCUT2D eigenvalue weighted by atomic mass is 28.3. The van der Waals surface area contributed by atoms with E-state index in [0.717, 1.165) is 10.8 Å². The molecule has 4 nitrogen and oxygen atoms in total. The molecule has 0 spiro atoms. The zero-order valence-electron chi connectivity index (χ0n) is 17.7. The predicted octanol–water partition coefficient (Wildman–Crippen LogP) is 4.51. The first kappa shape index (κ1) is 16.5. The van der Waals surface area contributed by atoms with Crippen LogP contribution >= 0.6 is 0 Å². The van der Waals surface area contributed by atoms with Gasteiger partial charge in [-0.25, -0.2) is 4.79 Å². The average molecular weight is 360 g/mol. The van der Waals surface area contributed by atoms with Crippen molar-refractivity contribution >= 4 is 19.2 Å². The summed E-state index contributed by atoms with van der Waals surface area (Å²) in [6.07, 6.45) is 0.275. The monoisotopic (exact) mass is 359 g/mol. The number of aromatic nitrogens is 1. The van der Waals surface area contributed by atoms with Gasteiger partial charge in [0.05, 0.1) is 19.3 Å².